The average Bonchev–Trinajstić information content (AvgIpc) is 2.79. The number of benzene rings is 1. The first-order valence-corrected chi connectivity index (χ1v) is 10.9. The van der Waals surface area contributed by atoms with Crippen LogP contribution in [0.5, 0.6) is 11.5 Å². The third-order valence-electron chi connectivity index (χ3n) is 6.24. The van der Waals surface area contributed by atoms with Crippen LogP contribution in [0, 0.1) is 11.8 Å². The van der Waals surface area contributed by atoms with E-state index < -0.39 is 0 Å². The second-order valence-corrected chi connectivity index (χ2v) is 8.05. The fraction of sp³-hybridized carbons (Fsp3) is 0.652. The lowest BCUT2D eigenvalue weighted by atomic mass is 9.92. The molecule has 1 aromatic rings. The number of hydrogen-bond donors (Lipinski definition) is 0. The zero-order valence-corrected chi connectivity index (χ0v) is 18.4. The van der Waals surface area contributed by atoms with Gasteiger partial charge in [0.25, 0.3) is 0 Å². The van der Waals surface area contributed by atoms with Gasteiger partial charge in [-0.25, -0.2) is 0 Å². The Balaban J connectivity index is 1.48. The Bertz CT molecular complexity index is 722. The standard InChI is InChI=1S/C23H34N2O5/c1-4-30-23(27)18-10-14-25(15-11-18)22(26)17-8-12-24(13-9-17)16-19-6-5-7-20(28-2)21(19)29-3/h5-7,17-18H,4,8-16H2,1-3H3. The van der Waals surface area contributed by atoms with Gasteiger partial charge >= 0.3 is 5.97 Å². The predicted octanol–water partition coefficient (Wildman–Crippen LogP) is 2.72. The molecule has 0 N–H and O–H groups in total. The molecule has 2 heterocycles. The summed E-state index contributed by atoms with van der Waals surface area (Å²) in [5, 5.41) is 0. The molecule has 0 spiro atoms. The molecule has 7 nitrogen and oxygen atoms in total. The highest BCUT2D eigenvalue weighted by atomic mass is 16.5. The van der Waals surface area contributed by atoms with E-state index >= 15 is 0 Å². The number of methoxy groups -OCH3 is 2. The van der Waals surface area contributed by atoms with Crippen molar-refractivity contribution in [3.05, 3.63) is 23.8 Å². The number of hydrogen-bond acceptors (Lipinski definition) is 6. The molecule has 1 amide bonds. The third-order valence-corrected chi connectivity index (χ3v) is 6.24. The smallest absolute Gasteiger partial charge is 0.309 e. The highest BCUT2D eigenvalue weighted by molar-refractivity contribution is 5.79. The molecule has 1 aromatic carbocycles. The Morgan fingerprint density at radius 1 is 0.967 bits per heavy atom. The van der Waals surface area contributed by atoms with Gasteiger partial charge in [-0.05, 0) is 51.8 Å². The molecule has 2 saturated heterocycles. The molecule has 0 unspecified atom stereocenters. The molecule has 3 rings (SSSR count). The quantitative estimate of drug-likeness (QED) is 0.635. The zero-order chi connectivity index (χ0) is 21.5. The van der Waals surface area contributed by atoms with Gasteiger partial charge in [0, 0.05) is 31.1 Å². The van der Waals surface area contributed by atoms with Gasteiger partial charge in [0.15, 0.2) is 11.5 Å². The van der Waals surface area contributed by atoms with Crippen molar-refractivity contribution in [3.8, 4) is 11.5 Å². The first kappa shape index (κ1) is 22.4. The fourth-order valence-corrected chi connectivity index (χ4v) is 4.51. The number of likely N-dealkylation sites (tertiary alicyclic amines) is 2. The van der Waals surface area contributed by atoms with E-state index in [1.54, 1.807) is 14.2 Å². The Morgan fingerprint density at radius 3 is 2.23 bits per heavy atom. The van der Waals surface area contributed by atoms with Gasteiger partial charge in [-0.2, -0.15) is 0 Å². The maximum Gasteiger partial charge on any atom is 0.309 e. The predicted molar refractivity (Wildman–Crippen MR) is 113 cm³/mol. The van der Waals surface area contributed by atoms with Gasteiger partial charge in [-0.1, -0.05) is 12.1 Å². The van der Waals surface area contributed by atoms with Crippen LogP contribution in [-0.4, -0.2) is 68.7 Å². The largest absolute Gasteiger partial charge is 0.493 e. The lowest BCUT2D eigenvalue weighted by Crippen LogP contribution is -2.46. The number of para-hydroxylation sites is 1. The Kier molecular flexibility index (Phi) is 7.96. The molecule has 0 saturated carbocycles. The van der Waals surface area contributed by atoms with Crippen LogP contribution >= 0.6 is 0 Å². The monoisotopic (exact) mass is 418 g/mol. The summed E-state index contributed by atoms with van der Waals surface area (Å²) >= 11 is 0. The molecular weight excluding hydrogens is 384 g/mol. The highest BCUT2D eigenvalue weighted by Crippen LogP contribution is 2.32. The summed E-state index contributed by atoms with van der Waals surface area (Å²) in [5.41, 5.74) is 1.10. The highest BCUT2D eigenvalue weighted by Gasteiger charge is 2.33. The summed E-state index contributed by atoms with van der Waals surface area (Å²) in [5.74, 6) is 1.66. The van der Waals surface area contributed by atoms with Crippen molar-refractivity contribution in [1.29, 1.82) is 0 Å². The number of carbonyl (C=O) groups excluding carboxylic acids is 2. The summed E-state index contributed by atoms with van der Waals surface area (Å²) in [6.07, 6.45) is 3.14. The van der Waals surface area contributed by atoms with Crippen molar-refractivity contribution in [2.75, 3.05) is 47.0 Å². The van der Waals surface area contributed by atoms with Crippen molar-refractivity contribution >= 4 is 11.9 Å². The van der Waals surface area contributed by atoms with Crippen LogP contribution in [0.25, 0.3) is 0 Å². The van der Waals surface area contributed by atoms with Gasteiger partial charge in [-0.3, -0.25) is 14.5 Å². The molecule has 0 aromatic heterocycles. The average molecular weight is 419 g/mol. The van der Waals surface area contributed by atoms with Crippen molar-refractivity contribution in [1.82, 2.24) is 9.80 Å². The van der Waals surface area contributed by atoms with E-state index in [9.17, 15) is 9.59 Å². The summed E-state index contributed by atoms with van der Waals surface area (Å²) in [6.45, 7) is 6.11. The SMILES string of the molecule is CCOC(=O)C1CCN(C(=O)C2CCN(Cc3cccc(OC)c3OC)CC2)CC1. The van der Waals surface area contributed by atoms with E-state index in [-0.39, 0.29) is 23.7 Å². The number of esters is 1. The molecule has 166 valence electrons. The molecule has 2 aliphatic heterocycles. The molecule has 7 heteroatoms. The molecule has 0 aliphatic carbocycles. The van der Waals surface area contributed by atoms with Gasteiger partial charge in [0.2, 0.25) is 5.91 Å². The number of rotatable bonds is 7. The lowest BCUT2D eigenvalue weighted by Gasteiger charge is -2.37. The molecule has 0 atom stereocenters. The van der Waals surface area contributed by atoms with Gasteiger partial charge in [-0.15, -0.1) is 0 Å². The minimum Gasteiger partial charge on any atom is -0.493 e. The second-order valence-electron chi connectivity index (χ2n) is 8.05. The van der Waals surface area contributed by atoms with Crippen LogP contribution < -0.4 is 9.47 Å². The number of ether oxygens (including phenoxy) is 3. The Morgan fingerprint density at radius 2 is 1.63 bits per heavy atom. The normalized spacial score (nSPS) is 18.8. The molecule has 30 heavy (non-hydrogen) atoms. The van der Waals surface area contributed by atoms with Crippen molar-refractivity contribution in [3.63, 3.8) is 0 Å². The Hall–Kier alpha value is -2.28. The van der Waals surface area contributed by atoms with Crippen LogP contribution in [0.4, 0.5) is 0 Å². The van der Waals surface area contributed by atoms with Crippen molar-refractivity contribution in [2.45, 2.75) is 39.2 Å². The number of piperidine rings is 2. The van der Waals surface area contributed by atoms with Crippen molar-refractivity contribution in [2.24, 2.45) is 11.8 Å². The summed E-state index contributed by atoms with van der Waals surface area (Å²) in [4.78, 5) is 29.2. The molecule has 2 aliphatic rings. The van der Waals surface area contributed by atoms with Gasteiger partial charge in [0.1, 0.15) is 0 Å². The fourth-order valence-electron chi connectivity index (χ4n) is 4.51. The van der Waals surface area contributed by atoms with Crippen LogP contribution in [0.15, 0.2) is 18.2 Å². The van der Waals surface area contributed by atoms with E-state index in [0.717, 1.165) is 49.5 Å². The Labute approximate surface area is 179 Å². The molecule has 2 fully saturated rings. The lowest BCUT2D eigenvalue weighted by molar-refractivity contribution is -0.152. The van der Waals surface area contributed by atoms with Gasteiger partial charge < -0.3 is 19.1 Å². The van der Waals surface area contributed by atoms with E-state index in [1.807, 2.05) is 24.0 Å². The van der Waals surface area contributed by atoms with E-state index in [1.165, 1.54) is 0 Å². The number of nitrogens with zero attached hydrogens (tertiary/aromatic N) is 2. The molecule has 0 radical (unpaired) electrons. The number of carbonyl (C=O) groups is 2. The van der Waals surface area contributed by atoms with E-state index in [2.05, 4.69) is 11.0 Å². The van der Waals surface area contributed by atoms with Crippen LogP contribution in [0.3, 0.4) is 0 Å². The summed E-state index contributed by atoms with van der Waals surface area (Å²) < 4.78 is 16.1. The maximum atomic E-state index is 13.0. The third kappa shape index (κ3) is 5.25. The maximum absolute atomic E-state index is 13.0. The summed E-state index contributed by atoms with van der Waals surface area (Å²) in [6, 6.07) is 5.94. The number of amides is 1. The molecule has 0 bridgehead atoms. The van der Waals surface area contributed by atoms with Crippen molar-refractivity contribution < 1.29 is 23.8 Å². The molecular formula is C23H34N2O5. The van der Waals surface area contributed by atoms with Crippen LogP contribution in [0.2, 0.25) is 0 Å². The minimum atomic E-state index is -0.120. The van der Waals surface area contributed by atoms with Gasteiger partial charge in [0.05, 0.1) is 26.7 Å². The summed E-state index contributed by atoms with van der Waals surface area (Å²) in [7, 11) is 3.31. The van der Waals surface area contributed by atoms with E-state index in [0.29, 0.717) is 32.5 Å². The van der Waals surface area contributed by atoms with Crippen LogP contribution in [0.1, 0.15) is 38.2 Å². The first-order valence-electron chi connectivity index (χ1n) is 10.9. The minimum absolute atomic E-state index is 0.0614. The first-order chi connectivity index (χ1) is 14.6. The second kappa shape index (κ2) is 10.7. The van der Waals surface area contributed by atoms with E-state index in [4.69, 9.17) is 14.2 Å². The van der Waals surface area contributed by atoms with Crippen LogP contribution in [-0.2, 0) is 20.9 Å². The topological polar surface area (TPSA) is 68.3 Å². The zero-order valence-electron chi connectivity index (χ0n) is 18.4.